The number of hydrogen-bond donors (Lipinski definition) is 0. The van der Waals surface area contributed by atoms with Gasteiger partial charge in [-0.25, -0.2) is 0 Å². The Hall–Kier alpha value is -0.740. The van der Waals surface area contributed by atoms with E-state index in [1.165, 1.54) is 11.1 Å². The summed E-state index contributed by atoms with van der Waals surface area (Å²) in [5.41, 5.74) is 3.30. The van der Waals surface area contributed by atoms with E-state index in [0.717, 1.165) is 12.0 Å². The Labute approximate surface area is 176 Å². The summed E-state index contributed by atoms with van der Waals surface area (Å²) in [4.78, 5) is 0. The van der Waals surface area contributed by atoms with Gasteiger partial charge < -0.3 is 18.1 Å². The van der Waals surface area contributed by atoms with Gasteiger partial charge in [-0.3, -0.25) is 9.13 Å². The van der Waals surface area contributed by atoms with E-state index in [0.29, 0.717) is 0 Å². The second kappa shape index (κ2) is 12.8. The summed E-state index contributed by atoms with van der Waals surface area (Å²) in [5.74, 6) is 0. The molecule has 0 saturated heterocycles. The van der Waals surface area contributed by atoms with Gasteiger partial charge >= 0.3 is 15.2 Å². The molecule has 0 heterocycles. The second-order valence-corrected chi connectivity index (χ2v) is 11.6. The molecule has 0 N–H and O–H groups in total. The van der Waals surface area contributed by atoms with E-state index in [9.17, 15) is 9.13 Å². The lowest BCUT2D eigenvalue weighted by Crippen LogP contribution is -2.20. The zero-order valence-corrected chi connectivity index (χ0v) is 20.3. The monoisotopic (exact) mass is 446 g/mol. The third-order valence-corrected chi connectivity index (χ3v) is 10.1. The van der Waals surface area contributed by atoms with Crippen molar-refractivity contribution in [1.82, 2.24) is 0 Å². The molecular formula is C21H36O6P2. The molecule has 1 aromatic rings. The number of hydrogen-bond acceptors (Lipinski definition) is 6. The maximum Gasteiger partial charge on any atom is 0.346 e. The van der Waals surface area contributed by atoms with Crippen molar-refractivity contribution >= 4 is 15.2 Å². The molecule has 1 rings (SSSR count). The molecule has 0 fully saturated rings. The number of benzene rings is 1. The molecule has 0 radical (unpaired) electrons. The van der Waals surface area contributed by atoms with Crippen LogP contribution in [0.2, 0.25) is 0 Å². The van der Waals surface area contributed by atoms with Crippen molar-refractivity contribution in [3.8, 4) is 0 Å². The van der Waals surface area contributed by atoms with Crippen molar-refractivity contribution in [2.24, 2.45) is 0 Å². The lowest BCUT2D eigenvalue weighted by Gasteiger charge is -2.31. The van der Waals surface area contributed by atoms with Gasteiger partial charge in [0.15, 0.2) is 5.40 Å². The van der Waals surface area contributed by atoms with Crippen molar-refractivity contribution in [3.05, 3.63) is 47.0 Å². The molecule has 0 saturated carbocycles. The Balaban J connectivity index is 3.28. The van der Waals surface area contributed by atoms with Crippen LogP contribution in [0.4, 0.5) is 0 Å². The predicted molar refractivity (Wildman–Crippen MR) is 119 cm³/mol. The molecule has 0 amide bonds. The molecule has 0 atom stereocenters. The van der Waals surface area contributed by atoms with E-state index < -0.39 is 20.6 Å². The smallest absolute Gasteiger partial charge is 0.308 e. The van der Waals surface area contributed by atoms with Crippen LogP contribution in [0.15, 0.2) is 35.9 Å². The van der Waals surface area contributed by atoms with Gasteiger partial charge in [-0.15, -0.1) is 0 Å². The molecule has 0 aliphatic rings. The van der Waals surface area contributed by atoms with Gasteiger partial charge in [-0.1, -0.05) is 35.9 Å². The van der Waals surface area contributed by atoms with Crippen molar-refractivity contribution in [2.45, 2.75) is 59.8 Å². The molecule has 1 aromatic carbocycles. The molecule has 0 aliphatic carbocycles. The van der Waals surface area contributed by atoms with Crippen LogP contribution in [-0.4, -0.2) is 31.8 Å². The van der Waals surface area contributed by atoms with Crippen molar-refractivity contribution in [1.29, 1.82) is 0 Å². The summed E-state index contributed by atoms with van der Waals surface area (Å²) in [6, 6.07) is 7.94. The zero-order chi connectivity index (χ0) is 21.9. The van der Waals surface area contributed by atoms with Crippen LogP contribution in [0.1, 0.15) is 52.7 Å². The molecule has 0 spiro atoms. The largest absolute Gasteiger partial charge is 0.346 e. The minimum Gasteiger partial charge on any atom is -0.308 e. The molecular weight excluding hydrogens is 410 g/mol. The normalized spacial score (nSPS) is 12.4. The lowest BCUT2D eigenvalue weighted by atomic mass is 10.1. The van der Waals surface area contributed by atoms with Crippen LogP contribution in [0.5, 0.6) is 0 Å². The highest BCUT2D eigenvalue weighted by atomic mass is 31.2. The van der Waals surface area contributed by atoms with E-state index in [4.69, 9.17) is 18.1 Å². The second-order valence-electron chi connectivity index (χ2n) is 6.74. The Morgan fingerprint density at radius 1 is 0.793 bits per heavy atom. The van der Waals surface area contributed by atoms with Gasteiger partial charge in [-0.05, 0) is 65.5 Å². The average Bonchev–Trinajstić information content (AvgIpc) is 2.66. The molecule has 29 heavy (non-hydrogen) atoms. The maximum absolute atomic E-state index is 13.6. The Bertz CT molecular complexity index is 675. The van der Waals surface area contributed by atoms with Crippen LogP contribution in [0, 0.1) is 0 Å². The first kappa shape index (κ1) is 26.3. The SMILES string of the molecule is CCOP(=O)(OCC)C(Cc1ccc(CC=C(C)C)cc1)P(=O)(OCC)OCC. The predicted octanol–water partition coefficient (Wildman–Crippen LogP) is 6.60. The topological polar surface area (TPSA) is 71.1 Å². The zero-order valence-electron chi connectivity index (χ0n) is 18.6. The number of rotatable bonds is 14. The Morgan fingerprint density at radius 2 is 1.17 bits per heavy atom. The quantitative estimate of drug-likeness (QED) is 0.237. The van der Waals surface area contributed by atoms with E-state index in [1.807, 2.05) is 24.3 Å². The Kier molecular flexibility index (Phi) is 11.6. The third-order valence-electron chi connectivity index (χ3n) is 4.15. The van der Waals surface area contributed by atoms with Crippen molar-refractivity contribution in [2.75, 3.05) is 26.4 Å². The van der Waals surface area contributed by atoms with E-state index in [-0.39, 0.29) is 32.8 Å². The summed E-state index contributed by atoms with van der Waals surface area (Å²) >= 11 is 0. The first-order chi connectivity index (χ1) is 13.7. The van der Waals surface area contributed by atoms with Crippen LogP contribution < -0.4 is 0 Å². The highest BCUT2D eigenvalue weighted by molar-refractivity contribution is 7.72. The van der Waals surface area contributed by atoms with Gasteiger partial charge in [0, 0.05) is 0 Å². The summed E-state index contributed by atoms with van der Waals surface area (Å²) < 4.78 is 49.2. The van der Waals surface area contributed by atoms with Crippen molar-refractivity contribution in [3.63, 3.8) is 0 Å². The minimum absolute atomic E-state index is 0.174. The van der Waals surface area contributed by atoms with E-state index in [1.54, 1.807) is 27.7 Å². The van der Waals surface area contributed by atoms with Gasteiger partial charge in [0.25, 0.3) is 0 Å². The average molecular weight is 446 g/mol. The van der Waals surface area contributed by atoms with E-state index >= 15 is 0 Å². The fourth-order valence-corrected chi connectivity index (χ4v) is 8.21. The minimum atomic E-state index is -3.74. The molecule has 0 aromatic heterocycles. The van der Waals surface area contributed by atoms with Crippen LogP contribution in [0.3, 0.4) is 0 Å². The van der Waals surface area contributed by atoms with Gasteiger partial charge in [0.1, 0.15) is 0 Å². The highest BCUT2D eigenvalue weighted by Gasteiger charge is 2.50. The summed E-state index contributed by atoms with van der Waals surface area (Å²) in [7, 11) is -7.47. The lowest BCUT2D eigenvalue weighted by molar-refractivity contribution is 0.195. The van der Waals surface area contributed by atoms with Crippen molar-refractivity contribution < 1.29 is 27.2 Å². The van der Waals surface area contributed by atoms with Crippen LogP contribution in [-0.2, 0) is 40.1 Å². The Morgan fingerprint density at radius 3 is 1.52 bits per heavy atom. The molecule has 0 aliphatic heterocycles. The summed E-state index contributed by atoms with van der Waals surface area (Å²) in [5, 5.41) is -1.03. The maximum atomic E-state index is 13.6. The van der Waals surface area contributed by atoms with Gasteiger partial charge in [0.05, 0.1) is 26.4 Å². The molecule has 6 nitrogen and oxygen atoms in total. The first-order valence-electron chi connectivity index (χ1n) is 10.2. The fourth-order valence-electron chi connectivity index (χ4n) is 2.88. The standard InChI is InChI=1S/C21H36O6P2/c1-7-24-28(22,25-8-2)21(29(23,26-9-3)27-10-4)17-20-15-13-19(14-16-20)12-11-18(5)6/h11,13-16,21H,7-10,12,17H2,1-6H3. The van der Waals surface area contributed by atoms with Crippen LogP contribution in [0.25, 0.3) is 0 Å². The number of allylic oxidation sites excluding steroid dienone is 2. The summed E-state index contributed by atoms with van der Waals surface area (Å²) in [6.45, 7) is 11.7. The van der Waals surface area contributed by atoms with Gasteiger partial charge in [0.2, 0.25) is 0 Å². The molecule has 0 bridgehead atoms. The molecule has 0 unspecified atom stereocenters. The fraction of sp³-hybridized carbons (Fsp3) is 0.619. The molecule has 8 heteroatoms. The van der Waals surface area contributed by atoms with Crippen LogP contribution >= 0.6 is 15.2 Å². The molecule has 166 valence electrons. The highest BCUT2D eigenvalue weighted by Crippen LogP contribution is 2.71. The van der Waals surface area contributed by atoms with E-state index in [2.05, 4.69) is 19.9 Å². The van der Waals surface area contributed by atoms with Gasteiger partial charge in [-0.2, -0.15) is 0 Å². The summed E-state index contributed by atoms with van der Waals surface area (Å²) in [6.07, 6.45) is 3.21. The first-order valence-corrected chi connectivity index (χ1v) is 13.5. The third kappa shape index (κ3) is 8.13.